The van der Waals surface area contributed by atoms with Gasteiger partial charge in [-0.25, -0.2) is 4.79 Å². The Morgan fingerprint density at radius 1 is 1.57 bits per heavy atom. The second-order valence-corrected chi connectivity index (χ2v) is 3.07. The van der Waals surface area contributed by atoms with E-state index in [0.29, 0.717) is 10.7 Å². The quantitative estimate of drug-likeness (QED) is 0.463. The van der Waals surface area contributed by atoms with Gasteiger partial charge in [0.15, 0.2) is 0 Å². The number of nitrogens with two attached hydrogens (primary N) is 1. The van der Waals surface area contributed by atoms with E-state index in [4.69, 9.17) is 17.3 Å². The summed E-state index contributed by atoms with van der Waals surface area (Å²) in [6.07, 6.45) is 2.89. The summed E-state index contributed by atoms with van der Waals surface area (Å²) in [7, 11) is 1.32. The number of anilines is 1. The molecule has 0 unspecified atom stereocenters. The highest BCUT2D eigenvalue weighted by Gasteiger charge is 1.97. The lowest BCUT2D eigenvalue weighted by molar-refractivity contribution is -0.134. The van der Waals surface area contributed by atoms with Crippen molar-refractivity contribution < 1.29 is 9.53 Å². The zero-order chi connectivity index (χ0) is 10.6. The third kappa shape index (κ3) is 2.78. The molecule has 74 valence electrons. The highest BCUT2D eigenvalue weighted by Crippen LogP contribution is 2.18. The Morgan fingerprint density at radius 3 is 2.86 bits per heavy atom. The molecule has 0 radical (unpaired) electrons. The van der Waals surface area contributed by atoms with Crippen LogP contribution in [-0.4, -0.2) is 13.1 Å². The number of ether oxygens (including phenoxy) is 1. The van der Waals surface area contributed by atoms with Crippen LogP contribution in [0.1, 0.15) is 5.56 Å². The van der Waals surface area contributed by atoms with Crippen LogP contribution in [0.5, 0.6) is 0 Å². The van der Waals surface area contributed by atoms with E-state index in [0.717, 1.165) is 5.56 Å². The summed E-state index contributed by atoms with van der Waals surface area (Å²) in [5.41, 5.74) is 6.92. The molecule has 1 aromatic rings. The van der Waals surface area contributed by atoms with Crippen molar-refractivity contribution in [2.45, 2.75) is 0 Å². The molecule has 0 heterocycles. The van der Waals surface area contributed by atoms with Gasteiger partial charge in [0.25, 0.3) is 0 Å². The topological polar surface area (TPSA) is 52.3 Å². The van der Waals surface area contributed by atoms with Crippen molar-refractivity contribution in [3.05, 3.63) is 34.9 Å². The van der Waals surface area contributed by atoms with Crippen molar-refractivity contribution in [1.29, 1.82) is 0 Å². The number of hydrogen-bond donors (Lipinski definition) is 1. The van der Waals surface area contributed by atoms with E-state index in [-0.39, 0.29) is 0 Å². The first-order valence-corrected chi connectivity index (χ1v) is 4.32. The van der Waals surface area contributed by atoms with Gasteiger partial charge >= 0.3 is 5.97 Å². The van der Waals surface area contributed by atoms with Crippen molar-refractivity contribution in [2.75, 3.05) is 12.8 Å². The van der Waals surface area contributed by atoms with Crippen molar-refractivity contribution in [1.82, 2.24) is 0 Å². The Kier molecular flexibility index (Phi) is 3.54. The number of carbonyl (C=O) groups excluding carboxylic acids is 1. The Balaban J connectivity index is 2.87. The maximum Gasteiger partial charge on any atom is 0.330 e. The fraction of sp³-hybridized carbons (Fsp3) is 0.100. The molecule has 0 aliphatic rings. The lowest BCUT2D eigenvalue weighted by atomic mass is 10.1. The van der Waals surface area contributed by atoms with Crippen LogP contribution in [0.4, 0.5) is 5.69 Å². The number of benzene rings is 1. The van der Waals surface area contributed by atoms with Gasteiger partial charge in [0.2, 0.25) is 0 Å². The highest BCUT2D eigenvalue weighted by molar-refractivity contribution is 6.30. The lowest BCUT2D eigenvalue weighted by Crippen LogP contribution is -1.94. The maximum atomic E-state index is 10.8. The van der Waals surface area contributed by atoms with Crippen LogP contribution in [0, 0.1) is 0 Å². The third-order valence-electron chi connectivity index (χ3n) is 1.65. The van der Waals surface area contributed by atoms with Crippen LogP contribution >= 0.6 is 11.6 Å². The largest absolute Gasteiger partial charge is 0.466 e. The molecule has 0 aromatic heterocycles. The van der Waals surface area contributed by atoms with E-state index in [9.17, 15) is 4.79 Å². The number of methoxy groups -OCH3 is 1. The summed E-state index contributed by atoms with van der Waals surface area (Å²) in [5.74, 6) is -0.417. The second-order valence-electron chi connectivity index (χ2n) is 2.63. The Morgan fingerprint density at radius 2 is 2.29 bits per heavy atom. The number of carbonyl (C=O) groups is 1. The van der Waals surface area contributed by atoms with Crippen LogP contribution in [0.3, 0.4) is 0 Å². The van der Waals surface area contributed by atoms with Gasteiger partial charge in [-0.1, -0.05) is 17.7 Å². The number of nitrogen functional groups attached to an aromatic ring is 1. The van der Waals surface area contributed by atoms with Crippen LogP contribution in [-0.2, 0) is 9.53 Å². The molecule has 1 rings (SSSR count). The van der Waals surface area contributed by atoms with E-state index in [1.807, 2.05) is 0 Å². The summed E-state index contributed by atoms with van der Waals surface area (Å²) < 4.78 is 4.44. The highest BCUT2D eigenvalue weighted by atomic mass is 35.5. The molecule has 0 bridgehead atoms. The van der Waals surface area contributed by atoms with E-state index < -0.39 is 5.97 Å². The fourth-order valence-electron chi connectivity index (χ4n) is 0.923. The lowest BCUT2D eigenvalue weighted by Gasteiger charge is -1.99. The van der Waals surface area contributed by atoms with Crippen molar-refractivity contribution in [3.8, 4) is 0 Å². The summed E-state index contributed by atoms with van der Waals surface area (Å²) in [5, 5.41) is 0.567. The fourth-order valence-corrected chi connectivity index (χ4v) is 1.10. The first-order valence-electron chi connectivity index (χ1n) is 3.94. The van der Waals surface area contributed by atoms with Gasteiger partial charge in [-0.3, -0.25) is 0 Å². The molecule has 0 spiro atoms. The SMILES string of the molecule is COC(=O)C=Cc1ccc(Cl)cc1N. The summed E-state index contributed by atoms with van der Waals surface area (Å²) in [6, 6.07) is 5.06. The minimum atomic E-state index is -0.417. The molecule has 1 aromatic carbocycles. The standard InChI is InChI=1S/C10H10ClNO2/c1-14-10(13)5-3-7-2-4-8(11)6-9(7)12/h2-6H,12H2,1H3. The van der Waals surface area contributed by atoms with Gasteiger partial charge in [0.1, 0.15) is 0 Å². The molecule has 0 amide bonds. The Labute approximate surface area is 87.1 Å². The average molecular weight is 212 g/mol. The zero-order valence-corrected chi connectivity index (χ0v) is 8.41. The number of halogens is 1. The monoisotopic (exact) mass is 211 g/mol. The van der Waals surface area contributed by atoms with Gasteiger partial charge in [-0.2, -0.15) is 0 Å². The summed E-state index contributed by atoms with van der Waals surface area (Å²) >= 11 is 5.71. The molecule has 0 saturated carbocycles. The van der Waals surface area contributed by atoms with E-state index in [1.54, 1.807) is 24.3 Å². The van der Waals surface area contributed by atoms with Crippen LogP contribution in [0.25, 0.3) is 6.08 Å². The summed E-state index contributed by atoms with van der Waals surface area (Å²) in [4.78, 5) is 10.8. The van der Waals surface area contributed by atoms with Gasteiger partial charge < -0.3 is 10.5 Å². The van der Waals surface area contributed by atoms with E-state index >= 15 is 0 Å². The number of rotatable bonds is 2. The zero-order valence-electron chi connectivity index (χ0n) is 7.66. The Hall–Kier alpha value is -1.48. The van der Waals surface area contributed by atoms with Crippen LogP contribution < -0.4 is 5.73 Å². The maximum absolute atomic E-state index is 10.8. The van der Waals surface area contributed by atoms with Gasteiger partial charge in [0.05, 0.1) is 7.11 Å². The predicted molar refractivity (Wildman–Crippen MR) is 56.9 cm³/mol. The third-order valence-corrected chi connectivity index (χ3v) is 1.88. The molecule has 0 aliphatic heterocycles. The van der Waals surface area contributed by atoms with Crippen LogP contribution in [0.2, 0.25) is 5.02 Å². The normalized spacial score (nSPS) is 10.4. The Bertz CT molecular complexity index is 374. The number of esters is 1. The van der Waals surface area contributed by atoms with Crippen molar-refractivity contribution in [3.63, 3.8) is 0 Å². The van der Waals surface area contributed by atoms with Crippen LogP contribution in [0.15, 0.2) is 24.3 Å². The molecule has 4 heteroatoms. The molecule has 0 fully saturated rings. The molecule has 0 aliphatic carbocycles. The average Bonchev–Trinajstić information content (AvgIpc) is 2.16. The second kappa shape index (κ2) is 4.67. The van der Waals surface area contributed by atoms with E-state index in [2.05, 4.69) is 4.74 Å². The number of hydrogen-bond acceptors (Lipinski definition) is 3. The van der Waals surface area contributed by atoms with Gasteiger partial charge in [0, 0.05) is 16.8 Å². The minimum absolute atomic E-state index is 0.417. The molecule has 0 atom stereocenters. The van der Waals surface area contributed by atoms with Gasteiger partial charge in [-0.05, 0) is 23.8 Å². The van der Waals surface area contributed by atoms with Gasteiger partial charge in [-0.15, -0.1) is 0 Å². The predicted octanol–water partition coefficient (Wildman–Crippen LogP) is 2.11. The summed E-state index contributed by atoms with van der Waals surface area (Å²) in [6.45, 7) is 0. The van der Waals surface area contributed by atoms with Crippen molar-refractivity contribution in [2.24, 2.45) is 0 Å². The molecular weight excluding hydrogens is 202 g/mol. The van der Waals surface area contributed by atoms with Crippen molar-refractivity contribution >= 4 is 29.3 Å². The molecule has 3 nitrogen and oxygen atoms in total. The molecular formula is C10H10ClNO2. The first kappa shape index (κ1) is 10.6. The first-order chi connectivity index (χ1) is 6.63. The smallest absolute Gasteiger partial charge is 0.330 e. The minimum Gasteiger partial charge on any atom is -0.466 e. The molecule has 0 saturated heterocycles. The molecule has 14 heavy (non-hydrogen) atoms. The molecule has 2 N–H and O–H groups in total. The van der Waals surface area contributed by atoms with E-state index in [1.165, 1.54) is 13.2 Å².